The lowest BCUT2D eigenvalue weighted by molar-refractivity contribution is 0.171. The highest BCUT2D eigenvalue weighted by atomic mass is 32.1. The van der Waals surface area contributed by atoms with E-state index in [-0.39, 0.29) is 0 Å². The molecule has 0 atom stereocenters. The standard InChI is InChI=1S/C29H36N4O4S/c1-21-23(30-13-11-27(21)36-17-7-15-34-3)19-32-25-9-5-6-10-26(25)33(29(32)38)20-24-22(2)28(12-14-31-24)37-18-8-16-35-4/h5-6,9-14H,7-8,15-20H2,1-4H3. The summed E-state index contributed by atoms with van der Waals surface area (Å²) >= 11 is 6.02. The lowest BCUT2D eigenvalue weighted by Gasteiger charge is -2.13. The minimum absolute atomic E-state index is 0.544. The molecule has 3 heterocycles. The fourth-order valence-electron chi connectivity index (χ4n) is 4.40. The van der Waals surface area contributed by atoms with Crippen molar-refractivity contribution in [2.45, 2.75) is 39.8 Å². The van der Waals surface area contributed by atoms with Gasteiger partial charge in [0.15, 0.2) is 4.77 Å². The van der Waals surface area contributed by atoms with Crippen LogP contribution in [0.2, 0.25) is 0 Å². The molecule has 9 heteroatoms. The highest BCUT2D eigenvalue weighted by Gasteiger charge is 2.16. The number of imidazole rings is 1. The van der Waals surface area contributed by atoms with E-state index in [0.717, 1.165) is 57.9 Å². The Labute approximate surface area is 229 Å². The van der Waals surface area contributed by atoms with Crippen molar-refractivity contribution < 1.29 is 18.9 Å². The van der Waals surface area contributed by atoms with Crippen molar-refractivity contribution in [3.05, 3.63) is 76.1 Å². The molecule has 4 aromatic rings. The molecule has 1 aromatic carbocycles. The first-order valence-corrected chi connectivity index (χ1v) is 13.3. The summed E-state index contributed by atoms with van der Waals surface area (Å²) in [5.41, 5.74) is 5.98. The molecule has 38 heavy (non-hydrogen) atoms. The lowest BCUT2D eigenvalue weighted by atomic mass is 10.2. The fourth-order valence-corrected chi connectivity index (χ4v) is 4.72. The van der Waals surface area contributed by atoms with Crippen LogP contribution in [0.25, 0.3) is 11.0 Å². The molecule has 0 aliphatic heterocycles. The van der Waals surface area contributed by atoms with Crippen LogP contribution in [-0.4, -0.2) is 59.7 Å². The average Bonchev–Trinajstić information content (AvgIpc) is 3.18. The predicted molar refractivity (Wildman–Crippen MR) is 151 cm³/mol. The fraction of sp³-hybridized carbons (Fsp3) is 0.414. The molecule has 0 saturated heterocycles. The van der Waals surface area contributed by atoms with Gasteiger partial charge in [-0.1, -0.05) is 12.1 Å². The lowest BCUT2D eigenvalue weighted by Crippen LogP contribution is -2.09. The zero-order valence-electron chi connectivity index (χ0n) is 22.6. The molecule has 0 bridgehead atoms. The Morgan fingerprint density at radius 2 is 1.13 bits per heavy atom. The average molecular weight is 537 g/mol. The van der Waals surface area contributed by atoms with Crippen LogP contribution in [0, 0.1) is 18.6 Å². The van der Waals surface area contributed by atoms with Crippen molar-refractivity contribution in [1.29, 1.82) is 0 Å². The van der Waals surface area contributed by atoms with Gasteiger partial charge in [0.1, 0.15) is 11.5 Å². The smallest absolute Gasteiger partial charge is 0.181 e. The summed E-state index contributed by atoms with van der Waals surface area (Å²) in [5.74, 6) is 1.67. The van der Waals surface area contributed by atoms with Gasteiger partial charge in [-0.15, -0.1) is 0 Å². The summed E-state index contributed by atoms with van der Waals surface area (Å²) in [6.45, 7) is 7.71. The molecule has 4 rings (SSSR count). The molecule has 202 valence electrons. The van der Waals surface area contributed by atoms with E-state index in [1.54, 1.807) is 26.6 Å². The number of para-hydroxylation sites is 2. The number of hydrogen-bond acceptors (Lipinski definition) is 7. The Hall–Kier alpha value is -3.27. The van der Waals surface area contributed by atoms with Crippen LogP contribution in [0.15, 0.2) is 48.8 Å². The molecule has 0 fully saturated rings. The number of ether oxygens (including phenoxy) is 4. The second-order valence-corrected chi connectivity index (χ2v) is 9.46. The number of benzene rings is 1. The molecule has 3 aromatic heterocycles. The van der Waals surface area contributed by atoms with Gasteiger partial charge in [0.25, 0.3) is 0 Å². The molecular formula is C29H36N4O4S. The van der Waals surface area contributed by atoms with Gasteiger partial charge in [-0.05, 0) is 50.3 Å². The van der Waals surface area contributed by atoms with E-state index < -0.39 is 0 Å². The minimum atomic E-state index is 0.544. The van der Waals surface area contributed by atoms with Crippen LogP contribution in [-0.2, 0) is 22.6 Å². The zero-order valence-corrected chi connectivity index (χ0v) is 23.4. The maximum atomic E-state index is 6.02. The largest absolute Gasteiger partial charge is 0.493 e. The van der Waals surface area contributed by atoms with Crippen LogP contribution in [0.1, 0.15) is 35.4 Å². The van der Waals surface area contributed by atoms with E-state index in [0.29, 0.717) is 44.3 Å². The highest BCUT2D eigenvalue weighted by molar-refractivity contribution is 7.71. The third-order valence-electron chi connectivity index (χ3n) is 6.56. The van der Waals surface area contributed by atoms with Crippen molar-refractivity contribution >= 4 is 23.3 Å². The van der Waals surface area contributed by atoms with Crippen molar-refractivity contribution in [2.75, 3.05) is 40.6 Å². The molecule has 0 unspecified atom stereocenters. The molecule has 0 aliphatic rings. The van der Waals surface area contributed by atoms with Crippen molar-refractivity contribution in [3.63, 3.8) is 0 Å². The molecule has 0 saturated carbocycles. The summed E-state index contributed by atoms with van der Waals surface area (Å²) < 4.78 is 27.2. The van der Waals surface area contributed by atoms with Gasteiger partial charge in [0.05, 0.1) is 48.7 Å². The second-order valence-electron chi connectivity index (χ2n) is 9.09. The Morgan fingerprint density at radius 3 is 1.55 bits per heavy atom. The SMILES string of the molecule is COCCCOc1ccnc(Cn2c(=S)n(Cc3nccc(OCCCOC)c3C)c3ccccc32)c1C. The molecule has 8 nitrogen and oxygen atoms in total. The first-order valence-electron chi connectivity index (χ1n) is 12.9. The number of nitrogens with zero attached hydrogens (tertiary/aromatic N) is 4. The van der Waals surface area contributed by atoms with Gasteiger partial charge in [-0.2, -0.15) is 0 Å². The van der Waals surface area contributed by atoms with Gasteiger partial charge >= 0.3 is 0 Å². The van der Waals surface area contributed by atoms with Crippen molar-refractivity contribution in [3.8, 4) is 11.5 Å². The first kappa shape index (κ1) is 27.8. The molecule has 0 aliphatic carbocycles. The maximum Gasteiger partial charge on any atom is 0.181 e. The summed E-state index contributed by atoms with van der Waals surface area (Å²) in [6, 6.07) is 12.1. The Bertz CT molecular complexity index is 1310. The van der Waals surface area contributed by atoms with Gasteiger partial charge in [0, 0.05) is 63.8 Å². The third-order valence-corrected chi connectivity index (χ3v) is 7.00. The van der Waals surface area contributed by atoms with E-state index in [2.05, 4.69) is 31.2 Å². The quantitative estimate of drug-likeness (QED) is 0.156. The number of rotatable bonds is 14. The predicted octanol–water partition coefficient (Wildman–Crippen LogP) is 5.51. The maximum absolute atomic E-state index is 6.02. The summed E-state index contributed by atoms with van der Waals surface area (Å²) in [7, 11) is 3.39. The molecule has 0 radical (unpaired) electrons. The normalized spacial score (nSPS) is 11.3. The number of fused-ring (bicyclic) bond motifs is 1. The van der Waals surface area contributed by atoms with Crippen LogP contribution < -0.4 is 9.47 Å². The number of pyridine rings is 2. The topological polar surface area (TPSA) is 72.6 Å². The number of hydrogen-bond donors (Lipinski definition) is 0. The summed E-state index contributed by atoms with van der Waals surface area (Å²) in [4.78, 5) is 9.34. The first-order chi connectivity index (χ1) is 18.5. The van der Waals surface area contributed by atoms with Crippen LogP contribution in [0.4, 0.5) is 0 Å². The van der Waals surface area contributed by atoms with E-state index in [4.69, 9.17) is 31.2 Å². The van der Waals surface area contributed by atoms with E-state index in [1.807, 2.05) is 38.1 Å². The summed E-state index contributed by atoms with van der Waals surface area (Å²) in [5, 5.41) is 0. The Balaban J connectivity index is 1.62. The third kappa shape index (κ3) is 6.40. The van der Waals surface area contributed by atoms with Gasteiger partial charge in [-0.3, -0.25) is 9.97 Å². The molecule has 0 amide bonds. The van der Waals surface area contributed by atoms with Crippen LogP contribution in [0.3, 0.4) is 0 Å². The Kier molecular flexibility index (Phi) is 9.86. The monoisotopic (exact) mass is 536 g/mol. The van der Waals surface area contributed by atoms with Gasteiger partial charge in [0.2, 0.25) is 0 Å². The Morgan fingerprint density at radius 1 is 0.684 bits per heavy atom. The van der Waals surface area contributed by atoms with Gasteiger partial charge in [-0.25, -0.2) is 0 Å². The van der Waals surface area contributed by atoms with Crippen molar-refractivity contribution in [1.82, 2.24) is 19.1 Å². The van der Waals surface area contributed by atoms with Crippen molar-refractivity contribution in [2.24, 2.45) is 0 Å². The molecule has 0 spiro atoms. The summed E-state index contributed by atoms with van der Waals surface area (Å²) in [6.07, 6.45) is 5.25. The van der Waals surface area contributed by atoms with Gasteiger partial charge < -0.3 is 28.1 Å². The number of aromatic nitrogens is 4. The zero-order chi connectivity index (χ0) is 26.9. The van der Waals surface area contributed by atoms with E-state index in [9.17, 15) is 0 Å². The second kappa shape index (κ2) is 13.5. The van der Waals surface area contributed by atoms with Crippen LogP contribution in [0.5, 0.6) is 11.5 Å². The highest BCUT2D eigenvalue weighted by Crippen LogP contribution is 2.26. The van der Waals surface area contributed by atoms with E-state index in [1.165, 1.54) is 0 Å². The van der Waals surface area contributed by atoms with E-state index >= 15 is 0 Å². The molecule has 0 N–H and O–H groups in total. The number of methoxy groups -OCH3 is 2. The minimum Gasteiger partial charge on any atom is -0.493 e. The van der Waals surface area contributed by atoms with Crippen LogP contribution >= 0.6 is 12.2 Å². The molecular weight excluding hydrogens is 500 g/mol.